The molecule has 0 bridgehead atoms. The maximum absolute atomic E-state index is 13.1. The molecule has 1 aliphatic carbocycles. The van der Waals surface area contributed by atoms with Gasteiger partial charge in [0.05, 0.1) is 0 Å². The van der Waals surface area contributed by atoms with Crippen LogP contribution < -0.4 is 21.3 Å². The predicted molar refractivity (Wildman–Crippen MR) is 175 cm³/mol. The van der Waals surface area contributed by atoms with Gasteiger partial charge in [-0.05, 0) is 78.6 Å². The van der Waals surface area contributed by atoms with Crippen LogP contribution in [0, 0.1) is 11.8 Å². The molecule has 1 aliphatic heterocycles. The van der Waals surface area contributed by atoms with E-state index in [2.05, 4.69) is 21.3 Å². The number of carbonyl (C=O) groups is 7. The lowest BCUT2D eigenvalue weighted by molar-refractivity contribution is -0.159. The van der Waals surface area contributed by atoms with Crippen molar-refractivity contribution in [3.05, 3.63) is 12.2 Å². The van der Waals surface area contributed by atoms with Crippen LogP contribution >= 0.6 is 0 Å². The standard InChI is InChI=1S/C34H55N5O8/c1-22(2)29(38-26(40)17-8-7-13-21-39-27(41)18-19-28(39)42)32(45)36-23(3)30(43)37-25(33(46)47-34(4,5)6)16-11-12-20-35-31(44)24-14-9-10-15-24/h18-19,22-25,29H,7-17,20-21H2,1-6H3,(H,35,44)(H,36,45)(H,37,43)(H,38,40)/t23?,25?,29-/m0/s1. The zero-order valence-electron chi connectivity index (χ0n) is 28.9. The first-order chi connectivity index (χ1) is 22.1. The molecular weight excluding hydrogens is 606 g/mol. The number of rotatable bonds is 19. The SMILES string of the molecule is CC(NC(=O)[C@@H](NC(=O)CCCCCN1C(=O)C=CC1=O)C(C)C)C(=O)NC(CCCCNC(=O)C1CCCC1)C(=O)OC(C)(C)C. The molecule has 13 nitrogen and oxygen atoms in total. The lowest BCUT2D eigenvalue weighted by Gasteiger charge is -2.27. The Morgan fingerprint density at radius 3 is 2.09 bits per heavy atom. The average Bonchev–Trinajstić information content (AvgIpc) is 3.63. The van der Waals surface area contributed by atoms with Gasteiger partial charge in [0.25, 0.3) is 11.8 Å². The quantitative estimate of drug-likeness (QED) is 0.0926. The van der Waals surface area contributed by atoms with E-state index in [1.807, 2.05) is 0 Å². The molecule has 47 heavy (non-hydrogen) atoms. The number of hydrogen-bond acceptors (Lipinski definition) is 8. The highest BCUT2D eigenvalue weighted by Crippen LogP contribution is 2.24. The molecule has 6 amide bonds. The van der Waals surface area contributed by atoms with Crippen molar-refractivity contribution in [2.24, 2.45) is 11.8 Å². The van der Waals surface area contributed by atoms with Crippen LogP contribution in [0.4, 0.5) is 0 Å². The summed E-state index contributed by atoms with van der Waals surface area (Å²) in [5, 5.41) is 11.1. The number of ether oxygens (including phenoxy) is 1. The summed E-state index contributed by atoms with van der Waals surface area (Å²) in [5.74, 6) is -2.78. The van der Waals surface area contributed by atoms with Crippen LogP contribution in [0.5, 0.6) is 0 Å². The van der Waals surface area contributed by atoms with E-state index in [9.17, 15) is 33.6 Å². The fourth-order valence-electron chi connectivity index (χ4n) is 5.47. The first kappa shape index (κ1) is 39.4. The largest absolute Gasteiger partial charge is 0.458 e. The predicted octanol–water partition coefficient (Wildman–Crippen LogP) is 2.42. The summed E-state index contributed by atoms with van der Waals surface area (Å²) in [6, 6.07) is -2.82. The van der Waals surface area contributed by atoms with E-state index in [1.165, 1.54) is 19.1 Å². The number of amides is 6. The van der Waals surface area contributed by atoms with Crippen LogP contribution in [0.2, 0.25) is 0 Å². The first-order valence-corrected chi connectivity index (χ1v) is 17.0. The first-order valence-electron chi connectivity index (χ1n) is 17.0. The molecule has 13 heteroatoms. The van der Waals surface area contributed by atoms with Gasteiger partial charge in [-0.25, -0.2) is 4.79 Å². The molecule has 0 aromatic rings. The minimum atomic E-state index is -0.998. The van der Waals surface area contributed by atoms with E-state index < -0.39 is 41.5 Å². The van der Waals surface area contributed by atoms with Gasteiger partial charge in [-0.2, -0.15) is 0 Å². The van der Waals surface area contributed by atoms with Gasteiger partial charge in [-0.1, -0.05) is 33.1 Å². The number of unbranched alkanes of at least 4 members (excludes halogenated alkanes) is 3. The van der Waals surface area contributed by atoms with E-state index in [1.54, 1.807) is 34.6 Å². The number of imide groups is 1. The van der Waals surface area contributed by atoms with Gasteiger partial charge in [-0.15, -0.1) is 0 Å². The fourth-order valence-corrected chi connectivity index (χ4v) is 5.47. The molecule has 264 valence electrons. The van der Waals surface area contributed by atoms with Crippen molar-refractivity contribution < 1.29 is 38.3 Å². The molecule has 1 saturated carbocycles. The Balaban J connectivity index is 1.82. The summed E-state index contributed by atoms with van der Waals surface area (Å²) >= 11 is 0. The minimum absolute atomic E-state index is 0.0725. The van der Waals surface area contributed by atoms with Gasteiger partial charge in [0.15, 0.2) is 0 Å². The summed E-state index contributed by atoms with van der Waals surface area (Å²) in [5.41, 5.74) is -0.763. The maximum Gasteiger partial charge on any atom is 0.329 e. The van der Waals surface area contributed by atoms with Crippen LogP contribution in [0.3, 0.4) is 0 Å². The number of nitrogens with one attached hydrogen (secondary N) is 4. The topological polar surface area (TPSA) is 180 Å². The molecule has 0 saturated heterocycles. The van der Waals surface area contributed by atoms with Gasteiger partial charge >= 0.3 is 5.97 Å². The van der Waals surface area contributed by atoms with Crippen LogP contribution in [0.1, 0.15) is 112 Å². The monoisotopic (exact) mass is 661 g/mol. The van der Waals surface area contributed by atoms with Crippen LogP contribution in [-0.2, 0) is 38.3 Å². The van der Waals surface area contributed by atoms with Crippen molar-refractivity contribution in [3.8, 4) is 0 Å². The molecule has 4 N–H and O–H groups in total. The Labute approximate surface area is 278 Å². The van der Waals surface area contributed by atoms with Crippen molar-refractivity contribution in [2.45, 2.75) is 136 Å². The second-order valence-corrected chi connectivity index (χ2v) is 13.9. The second-order valence-electron chi connectivity index (χ2n) is 13.9. The molecule has 0 radical (unpaired) electrons. The van der Waals surface area contributed by atoms with Crippen molar-refractivity contribution in [2.75, 3.05) is 13.1 Å². The Morgan fingerprint density at radius 1 is 0.851 bits per heavy atom. The Bertz CT molecular complexity index is 1140. The number of esters is 1. The molecule has 0 aromatic carbocycles. The fraction of sp³-hybridized carbons (Fsp3) is 0.735. The second kappa shape index (κ2) is 19.1. The molecule has 2 aliphatic rings. The van der Waals surface area contributed by atoms with Crippen molar-refractivity contribution in [1.29, 1.82) is 0 Å². The van der Waals surface area contributed by atoms with Gasteiger partial charge in [0.2, 0.25) is 23.6 Å². The highest BCUT2D eigenvalue weighted by Gasteiger charge is 2.31. The van der Waals surface area contributed by atoms with Crippen LogP contribution in [0.15, 0.2) is 12.2 Å². The van der Waals surface area contributed by atoms with E-state index in [0.29, 0.717) is 45.1 Å². The van der Waals surface area contributed by atoms with Gasteiger partial charge in [0, 0.05) is 37.6 Å². The average molecular weight is 662 g/mol. The Kier molecular flexibility index (Phi) is 16.1. The highest BCUT2D eigenvalue weighted by atomic mass is 16.6. The molecule has 1 fully saturated rings. The summed E-state index contributed by atoms with van der Waals surface area (Å²) < 4.78 is 5.53. The van der Waals surface area contributed by atoms with E-state index >= 15 is 0 Å². The normalized spacial score (nSPS) is 17.0. The molecule has 2 unspecified atom stereocenters. The Morgan fingerprint density at radius 2 is 1.49 bits per heavy atom. The molecule has 1 heterocycles. The summed E-state index contributed by atoms with van der Waals surface area (Å²) in [7, 11) is 0. The molecule has 3 atom stereocenters. The summed E-state index contributed by atoms with van der Waals surface area (Å²) in [6.45, 7) is 11.0. The molecule has 0 spiro atoms. The number of nitrogens with zero attached hydrogens (tertiary/aromatic N) is 1. The number of hydrogen-bond donors (Lipinski definition) is 4. The summed E-state index contributed by atoms with van der Waals surface area (Å²) in [6.07, 6.45) is 9.82. The highest BCUT2D eigenvalue weighted by molar-refractivity contribution is 6.12. The lowest BCUT2D eigenvalue weighted by Crippen LogP contribution is -2.56. The van der Waals surface area contributed by atoms with Crippen molar-refractivity contribution in [1.82, 2.24) is 26.2 Å². The third-order valence-corrected chi connectivity index (χ3v) is 8.16. The van der Waals surface area contributed by atoms with Gasteiger partial charge in [-0.3, -0.25) is 33.7 Å². The van der Waals surface area contributed by atoms with E-state index in [-0.39, 0.29) is 48.4 Å². The zero-order valence-corrected chi connectivity index (χ0v) is 28.9. The molecular formula is C34H55N5O8. The van der Waals surface area contributed by atoms with E-state index in [4.69, 9.17) is 4.74 Å². The number of carbonyl (C=O) groups excluding carboxylic acids is 7. The smallest absolute Gasteiger partial charge is 0.329 e. The van der Waals surface area contributed by atoms with E-state index in [0.717, 1.165) is 30.6 Å². The Hall–Kier alpha value is -3.77. The molecule has 0 aromatic heterocycles. The summed E-state index contributed by atoms with van der Waals surface area (Å²) in [4.78, 5) is 88.5. The van der Waals surface area contributed by atoms with Crippen LogP contribution in [-0.4, -0.2) is 83.1 Å². The van der Waals surface area contributed by atoms with Gasteiger partial charge in [0.1, 0.15) is 23.7 Å². The third-order valence-electron chi connectivity index (χ3n) is 8.16. The minimum Gasteiger partial charge on any atom is -0.458 e. The third kappa shape index (κ3) is 14.3. The zero-order chi connectivity index (χ0) is 35.1. The van der Waals surface area contributed by atoms with Crippen LogP contribution in [0.25, 0.3) is 0 Å². The maximum atomic E-state index is 13.1. The van der Waals surface area contributed by atoms with Crippen molar-refractivity contribution in [3.63, 3.8) is 0 Å². The molecule has 2 rings (SSSR count). The lowest BCUT2D eigenvalue weighted by atomic mass is 10.0. The van der Waals surface area contributed by atoms with Crippen molar-refractivity contribution >= 4 is 41.4 Å². The van der Waals surface area contributed by atoms with Gasteiger partial charge < -0.3 is 26.0 Å².